The lowest BCUT2D eigenvalue weighted by Gasteiger charge is -2.28. The summed E-state index contributed by atoms with van der Waals surface area (Å²) in [6, 6.07) is 72.3. The molecule has 2 aromatic heterocycles. The third-order valence-corrected chi connectivity index (χ3v) is 12.0. The Balaban J connectivity index is 1.07. The van der Waals surface area contributed by atoms with E-state index >= 15 is 0 Å². The van der Waals surface area contributed by atoms with E-state index in [0.717, 1.165) is 50.1 Å². The van der Waals surface area contributed by atoms with Crippen LogP contribution in [0.1, 0.15) is 0 Å². The molecule has 258 valence electrons. The first-order valence-corrected chi connectivity index (χ1v) is 19.5. The zero-order valence-electron chi connectivity index (χ0n) is 29.8. The monoisotopic (exact) mass is 719 g/mol. The number of thiophene rings is 1. The van der Waals surface area contributed by atoms with Crippen molar-refractivity contribution in [3.05, 3.63) is 200 Å². The fourth-order valence-electron chi connectivity index (χ4n) is 8.23. The van der Waals surface area contributed by atoms with Crippen molar-refractivity contribution in [3.63, 3.8) is 0 Å². The number of rotatable bonds is 6. The maximum absolute atomic E-state index is 6.25. The highest BCUT2D eigenvalue weighted by atomic mass is 32.1. The van der Waals surface area contributed by atoms with Gasteiger partial charge in [-0.25, -0.2) is 0 Å². The van der Waals surface area contributed by atoms with Crippen LogP contribution in [0.4, 0.5) is 17.1 Å². The Hall–Kier alpha value is -6.94. The molecule has 0 fully saturated rings. The maximum atomic E-state index is 6.25. The second-order valence-electron chi connectivity index (χ2n) is 14.1. The Morgan fingerprint density at radius 3 is 1.96 bits per heavy atom. The Labute approximate surface area is 322 Å². The van der Waals surface area contributed by atoms with Gasteiger partial charge in [0.25, 0.3) is 0 Å². The minimum atomic E-state index is 0.902. The summed E-state index contributed by atoms with van der Waals surface area (Å²) < 4.78 is 8.88. The highest BCUT2D eigenvalue weighted by Crippen LogP contribution is 2.44. The van der Waals surface area contributed by atoms with E-state index in [1.807, 2.05) is 23.5 Å². The fraction of sp³-hybridized carbons (Fsp3) is 0. The SMILES string of the molecule is c1cc(-c2ccc3c(c2)sc2ccccc23)cc(N(c2ccc(-c3cccc4oc5ccccc5c34)cc2)c2ccccc2-c2ccc3ccccc3c2)c1. The predicted molar refractivity (Wildman–Crippen MR) is 235 cm³/mol. The molecule has 0 saturated heterocycles. The Bertz CT molecular complexity index is 3220. The quantitative estimate of drug-likeness (QED) is 0.170. The summed E-state index contributed by atoms with van der Waals surface area (Å²) in [6.07, 6.45) is 0. The minimum absolute atomic E-state index is 0.902. The molecule has 0 aliphatic rings. The van der Waals surface area contributed by atoms with Gasteiger partial charge in [-0.05, 0) is 99.3 Å². The van der Waals surface area contributed by atoms with E-state index in [2.05, 4.69) is 193 Å². The fourth-order valence-corrected chi connectivity index (χ4v) is 9.38. The molecule has 0 unspecified atom stereocenters. The molecule has 0 spiro atoms. The number of hydrogen-bond acceptors (Lipinski definition) is 3. The number of benzene rings is 9. The van der Waals surface area contributed by atoms with Gasteiger partial charge in [0.2, 0.25) is 0 Å². The van der Waals surface area contributed by atoms with E-state index < -0.39 is 0 Å². The first-order chi connectivity index (χ1) is 27.2. The van der Waals surface area contributed by atoms with Crippen LogP contribution >= 0.6 is 11.3 Å². The smallest absolute Gasteiger partial charge is 0.136 e. The van der Waals surface area contributed by atoms with Crippen molar-refractivity contribution < 1.29 is 4.42 Å². The molecule has 11 rings (SSSR count). The average molecular weight is 720 g/mol. The number of furan rings is 1. The van der Waals surface area contributed by atoms with Gasteiger partial charge in [-0.2, -0.15) is 0 Å². The zero-order chi connectivity index (χ0) is 36.3. The normalized spacial score (nSPS) is 11.6. The van der Waals surface area contributed by atoms with Crippen LogP contribution in [0.3, 0.4) is 0 Å². The van der Waals surface area contributed by atoms with Gasteiger partial charge >= 0.3 is 0 Å². The van der Waals surface area contributed by atoms with Gasteiger partial charge in [0.05, 0.1) is 5.69 Å². The number of fused-ring (bicyclic) bond motifs is 7. The van der Waals surface area contributed by atoms with E-state index in [1.165, 1.54) is 53.2 Å². The van der Waals surface area contributed by atoms with Crippen molar-refractivity contribution in [2.45, 2.75) is 0 Å². The second kappa shape index (κ2) is 12.9. The summed E-state index contributed by atoms with van der Waals surface area (Å²) in [5.74, 6) is 0. The molecule has 0 bridgehead atoms. The van der Waals surface area contributed by atoms with Crippen molar-refractivity contribution in [2.75, 3.05) is 4.90 Å². The molecule has 9 aromatic carbocycles. The van der Waals surface area contributed by atoms with Crippen LogP contribution in [0.15, 0.2) is 205 Å². The minimum Gasteiger partial charge on any atom is -0.456 e. The van der Waals surface area contributed by atoms with Gasteiger partial charge < -0.3 is 9.32 Å². The van der Waals surface area contributed by atoms with Crippen molar-refractivity contribution in [1.29, 1.82) is 0 Å². The molecule has 55 heavy (non-hydrogen) atoms. The summed E-state index contributed by atoms with van der Waals surface area (Å²) in [5.41, 5.74) is 12.2. The van der Waals surface area contributed by atoms with Crippen LogP contribution in [0.5, 0.6) is 0 Å². The van der Waals surface area contributed by atoms with Crippen molar-refractivity contribution >= 4 is 81.3 Å². The largest absolute Gasteiger partial charge is 0.456 e. The standard InChI is InChI=1S/C52H33NOS/c1-2-12-36-31-39(24-23-34(36)11-1)42-15-3-6-19-47(42)53(40-28-25-35(26-29-40)43-18-10-21-49-52(43)46-17-4-7-20-48(46)54-49)41-14-9-13-37(32-41)38-27-30-45-44-16-5-8-22-50(44)55-51(45)33-38/h1-33H. The molecule has 2 heterocycles. The lowest BCUT2D eigenvalue weighted by Crippen LogP contribution is -2.11. The molecule has 0 aliphatic carbocycles. The van der Waals surface area contributed by atoms with Crippen molar-refractivity contribution in [1.82, 2.24) is 0 Å². The summed E-state index contributed by atoms with van der Waals surface area (Å²) in [6.45, 7) is 0. The van der Waals surface area contributed by atoms with Gasteiger partial charge in [0.15, 0.2) is 0 Å². The van der Waals surface area contributed by atoms with Gasteiger partial charge in [-0.3, -0.25) is 0 Å². The lowest BCUT2D eigenvalue weighted by atomic mass is 9.97. The van der Waals surface area contributed by atoms with Crippen LogP contribution in [-0.4, -0.2) is 0 Å². The van der Waals surface area contributed by atoms with Crippen LogP contribution in [-0.2, 0) is 0 Å². The Morgan fingerprint density at radius 2 is 1.04 bits per heavy atom. The zero-order valence-corrected chi connectivity index (χ0v) is 30.6. The Kier molecular flexibility index (Phi) is 7.39. The molecule has 0 radical (unpaired) electrons. The van der Waals surface area contributed by atoms with Crippen molar-refractivity contribution in [3.8, 4) is 33.4 Å². The molecule has 0 saturated carbocycles. The van der Waals surface area contributed by atoms with E-state index in [-0.39, 0.29) is 0 Å². The molecular formula is C52H33NOS. The topological polar surface area (TPSA) is 16.4 Å². The summed E-state index contributed by atoms with van der Waals surface area (Å²) in [7, 11) is 0. The van der Waals surface area contributed by atoms with E-state index in [9.17, 15) is 0 Å². The highest BCUT2D eigenvalue weighted by Gasteiger charge is 2.19. The molecule has 11 aromatic rings. The molecule has 0 N–H and O–H groups in total. The van der Waals surface area contributed by atoms with Gasteiger partial charge in [-0.1, -0.05) is 140 Å². The van der Waals surface area contributed by atoms with E-state index in [4.69, 9.17) is 4.42 Å². The van der Waals surface area contributed by atoms with Crippen LogP contribution in [0.2, 0.25) is 0 Å². The summed E-state index contributed by atoms with van der Waals surface area (Å²) in [4.78, 5) is 2.41. The first-order valence-electron chi connectivity index (χ1n) is 18.7. The van der Waals surface area contributed by atoms with Crippen LogP contribution in [0.25, 0.3) is 86.3 Å². The number of nitrogens with zero attached hydrogens (tertiary/aromatic N) is 1. The van der Waals surface area contributed by atoms with Gasteiger partial charge in [0.1, 0.15) is 11.2 Å². The summed E-state index contributed by atoms with van der Waals surface area (Å²) >= 11 is 1.86. The van der Waals surface area contributed by atoms with Crippen molar-refractivity contribution in [2.24, 2.45) is 0 Å². The third kappa shape index (κ3) is 5.40. The maximum Gasteiger partial charge on any atom is 0.136 e. The number of anilines is 3. The predicted octanol–water partition coefficient (Wildman–Crippen LogP) is 15.6. The highest BCUT2D eigenvalue weighted by molar-refractivity contribution is 7.25. The molecular weight excluding hydrogens is 687 g/mol. The molecule has 3 heteroatoms. The third-order valence-electron chi connectivity index (χ3n) is 10.9. The molecule has 0 aliphatic heterocycles. The molecule has 2 nitrogen and oxygen atoms in total. The molecule has 0 atom stereocenters. The molecule has 0 amide bonds. The van der Waals surface area contributed by atoms with E-state index in [1.54, 1.807) is 0 Å². The average Bonchev–Trinajstić information content (AvgIpc) is 3.82. The Morgan fingerprint density at radius 1 is 0.364 bits per heavy atom. The summed E-state index contributed by atoms with van der Waals surface area (Å²) in [5, 5.41) is 7.37. The second-order valence-corrected chi connectivity index (χ2v) is 15.2. The van der Waals surface area contributed by atoms with Gasteiger partial charge in [-0.15, -0.1) is 11.3 Å². The van der Waals surface area contributed by atoms with Crippen LogP contribution < -0.4 is 4.90 Å². The van der Waals surface area contributed by atoms with Crippen LogP contribution in [0, 0.1) is 0 Å². The van der Waals surface area contributed by atoms with E-state index in [0.29, 0.717) is 0 Å². The number of hydrogen-bond donors (Lipinski definition) is 0. The lowest BCUT2D eigenvalue weighted by molar-refractivity contribution is 0.669. The number of para-hydroxylation sites is 2. The first kappa shape index (κ1) is 31.6. The van der Waals surface area contributed by atoms with Gasteiger partial charge in [0, 0.05) is 47.9 Å².